The van der Waals surface area contributed by atoms with Crippen molar-refractivity contribution >= 4 is 11.7 Å². The first-order valence-corrected chi connectivity index (χ1v) is 14.1. The Morgan fingerprint density at radius 3 is 2.70 bits per heavy atom. The van der Waals surface area contributed by atoms with E-state index in [1.54, 1.807) is 7.11 Å². The number of imidazole rings is 1. The molecule has 37 heavy (non-hydrogen) atoms. The Balaban J connectivity index is 1.44. The minimum absolute atomic E-state index is 0.114. The van der Waals surface area contributed by atoms with E-state index in [1.807, 2.05) is 32.2 Å². The van der Waals surface area contributed by atoms with Gasteiger partial charge in [0.2, 0.25) is 5.91 Å². The van der Waals surface area contributed by atoms with Crippen LogP contribution in [0.25, 0.3) is 11.3 Å². The Morgan fingerprint density at radius 1 is 1.22 bits per heavy atom. The van der Waals surface area contributed by atoms with E-state index in [-0.39, 0.29) is 23.3 Å². The molecule has 2 aromatic rings. The second-order valence-corrected chi connectivity index (χ2v) is 11.0. The fraction of sp³-hybridized carbons (Fsp3) is 0.633. The Bertz CT molecular complexity index is 1070. The topological polar surface area (TPSA) is 87.3 Å². The van der Waals surface area contributed by atoms with Gasteiger partial charge in [-0.3, -0.25) is 9.59 Å². The standard InChI is InChI=1S/C30H44N4O3/c1-5-22(35)10-8-7-9-11-25(33-29(36)24-19-30(24)14-16-34(6-2)17-15-30)28-31-20-26(32-28)23-13-12-21(3)18-27(23)37-4/h12-13,18,20,24-25H,5-11,14-17,19H2,1-4H3,(H,31,32)(H,33,36)/t24-,25+/m1/s1. The lowest BCUT2D eigenvalue weighted by Gasteiger charge is -2.32. The van der Waals surface area contributed by atoms with E-state index in [1.165, 1.54) is 0 Å². The van der Waals surface area contributed by atoms with Crippen LogP contribution in [0.4, 0.5) is 0 Å². The molecule has 7 heteroatoms. The van der Waals surface area contributed by atoms with Gasteiger partial charge in [-0.1, -0.05) is 32.8 Å². The second-order valence-electron chi connectivity index (χ2n) is 11.0. The number of nitrogens with one attached hydrogen (secondary N) is 2. The van der Waals surface area contributed by atoms with Gasteiger partial charge in [0.15, 0.2) is 0 Å². The van der Waals surface area contributed by atoms with E-state index in [0.717, 1.165) is 93.0 Å². The zero-order valence-electron chi connectivity index (χ0n) is 23.1. The molecule has 4 rings (SSSR count). The minimum Gasteiger partial charge on any atom is -0.496 e. The molecule has 2 fully saturated rings. The summed E-state index contributed by atoms with van der Waals surface area (Å²) in [6, 6.07) is 5.95. The molecule has 2 aliphatic rings. The van der Waals surface area contributed by atoms with Gasteiger partial charge in [-0.05, 0) is 81.8 Å². The number of aromatic nitrogens is 2. The number of aryl methyl sites for hydroxylation is 1. The van der Waals surface area contributed by atoms with Crippen LogP contribution < -0.4 is 10.1 Å². The van der Waals surface area contributed by atoms with E-state index in [9.17, 15) is 9.59 Å². The SMILES string of the molecule is CCC(=O)CCCCC[C@H](NC(=O)[C@H]1CC12CCN(CC)CC2)c1ncc(-c2ccc(C)cc2OC)[nH]1. The molecule has 1 saturated heterocycles. The number of H-pyrrole nitrogens is 1. The summed E-state index contributed by atoms with van der Waals surface area (Å²) in [5.41, 5.74) is 3.17. The highest BCUT2D eigenvalue weighted by atomic mass is 16.5. The number of benzene rings is 1. The van der Waals surface area contributed by atoms with Gasteiger partial charge in [-0.15, -0.1) is 0 Å². The van der Waals surface area contributed by atoms with Crippen molar-refractivity contribution in [1.82, 2.24) is 20.2 Å². The number of ether oxygens (including phenoxy) is 1. The number of nitrogens with zero attached hydrogens (tertiary/aromatic N) is 2. The molecule has 202 valence electrons. The normalized spacial score (nSPS) is 19.5. The number of aromatic amines is 1. The van der Waals surface area contributed by atoms with Crippen molar-refractivity contribution < 1.29 is 14.3 Å². The summed E-state index contributed by atoms with van der Waals surface area (Å²) in [6.45, 7) is 9.45. The Labute approximate surface area is 221 Å². The maximum absolute atomic E-state index is 13.4. The van der Waals surface area contributed by atoms with Gasteiger partial charge in [0.25, 0.3) is 0 Å². The molecule has 1 amide bonds. The number of ketones is 1. The van der Waals surface area contributed by atoms with Gasteiger partial charge in [-0.25, -0.2) is 4.98 Å². The Kier molecular flexibility index (Phi) is 9.06. The molecule has 1 aliphatic heterocycles. The number of likely N-dealkylation sites (tertiary alicyclic amines) is 1. The smallest absolute Gasteiger partial charge is 0.224 e. The minimum atomic E-state index is -0.173. The van der Waals surface area contributed by atoms with Crippen molar-refractivity contribution in [2.24, 2.45) is 11.3 Å². The monoisotopic (exact) mass is 508 g/mol. The van der Waals surface area contributed by atoms with Crippen LogP contribution in [0.3, 0.4) is 0 Å². The van der Waals surface area contributed by atoms with E-state index in [0.29, 0.717) is 18.6 Å². The first-order chi connectivity index (χ1) is 17.9. The van der Waals surface area contributed by atoms with E-state index in [4.69, 9.17) is 9.72 Å². The fourth-order valence-corrected chi connectivity index (χ4v) is 5.83. The number of methoxy groups -OCH3 is 1. The van der Waals surface area contributed by atoms with E-state index < -0.39 is 0 Å². The Hall–Kier alpha value is -2.67. The average molecular weight is 509 g/mol. The van der Waals surface area contributed by atoms with E-state index in [2.05, 4.69) is 28.2 Å². The molecule has 1 aromatic heterocycles. The Morgan fingerprint density at radius 2 is 2.00 bits per heavy atom. The number of carbonyl (C=O) groups is 2. The van der Waals surface area contributed by atoms with Gasteiger partial charge in [0.05, 0.1) is 25.0 Å². The highest BCUT2D eigenvalue weighted by Crippen LogP contribution is 2.59. The zero-order valence-corrected chi connectivity index (χ0v) is 23.1. The van der Waals surface area contributed by atoms with Gasteiger partial charge in [0, 0.05) is 24.3 Å². The molecule has 1 spiro atoms. The lowest BCUT2D eigenvalue weighted by Crippen LogP contribution is -2.37. The van der Waals surface area contributed by atoms with Crippen LogP contribution in [0.2, 0.25) is 0 Å². The number of rotatable bonds is 13. The van der Waals surface area contributed by atoms with Gasteiger partial charge < -0.3 is 19.9 Å². The first-order valence-electron chi connectivity index (χ1n) is 14.1. The number of Topliss-reactive ketones (excluding diaryl/α,β-unsaturated/α-hetero) is 1. The molecule has 0 radical (unpaired) electrons. The average Bonchev–Trinajstić information content (AvgIpc) is 3.38. The lowest BCUT2D eigenvalue weighted by molar-refractivity contribution is -0.124. The fourth-order valence-electron chi connectivity index (χ4n) is 5.83. The van der Waals surface area contributed by atoms with Crippen molar-refractivity contribution in [2.75, 3.05) is 26.7 Å². The molecule has 0 bridgehead atoms. The second kappa shape index (κ2) is 12.2. The van der Waals surface area contributed by atoms with Crippen molar-refractivity contribution in [3.8, 4) is 17.0 Å². The summed E-state index contributed by atoms with van der Waals surface area (Å²) in [7, 11) is 1.68. The highest BCUT2D eigenvalue weighted by molar-refractivity contribution is 5.83. The van der Waals surface area contributed by atoms with Gasteiger partial charge >= 0.3 is 0 Å². The summed E-state index contributed by atoms with van der Waals surface area (Å²) in [5, 5.41) is 3.36. The molecule has 7 nitrogen and oxygen atoms in total. The van der Waals surface area contributed by atoms with Crippen molar-refractivity contribution in [2.45, 2.75) is 84.6 Å². The molecule has 2 N–H and O–H groups in total. The number of amides is 1. The van der Waals surface area contributed by atoms with Crippen LogP contribution in [0, 0.1) is 18.3 Å². The molecular formula is C30H44N4O3. The van der Waals surface area contributed by atoms with Crippen LogP contribution in [0.5, 0.6) is 5.75 Å². The third kappa shape index (κ3) is 6.61. The summed E-state index contributed by atoms with van der Waals surface area (Å²) >= 11 is 0. The largest absolute Gasteiger partial charge is 0.496 e. The first kappa shape index (κ1) is 27.4. The van der Waals surface area contributed by atoms with Gasteiger partial charge in [-0.2, -0.15) is 0 Å². The maximum atomic E-state index is 13.4. The van der Waals surface area contributed by atoms with Gasteiger partial charge in [0.1, 0.15) is 17.4 Å². The third-order valence-electron chi connectivity index (χ3n) is 8.54. The van der Waals surface area contributed by atoms with Crippen LogP contribution in [-0.2, 0) is 9.59 Å². The van der Waals surface area contributed by atoms with Crippen LogP contribution in [-0.4, -0.2) is 53.3 Å². The molecule has 0 unspecified atom stereocenters. The summed E-state index contributed by atoms with van der Waals surface area (Å²) in [5.74, 6) is 2.19. The number of unbranched alkanes of at least 4 members (excludes halogenated alkanes) is 2. The zero-order chi connectivity index (χ0) is 26.4. The summed E-state index contributed by atoms with van der Waals surface area (Å²) < 4.78 is 5.61. The molecule has 1 aromatic carbocycles. The van der Waals surface area contributed by atoms with Crippen LogP contribution >= 0.6 is 0 Å². The molecular weight excluding hydrogens is 464 g/mol. The molecule has 1 aliphatic carbocycles. The predicted octanol–water partition coefficient (Wildman–Crippen LogP) is 5.60. The van der Waals surface area contributed by atoms with Crippen LogP contribution in [0.1, 0.15) is 89.1 Å². The van der Waals surface area contributed by atoms with E-state index >= 15 is 0 Å². The maximum Gasteiger partial charge on any atom is 0.224 e. The number of piperidine rings is 1. The summed E-state index contributed by atoms with van der Waals surface area (Å²) in [6.07, 6.45) is 9.93. The number of carbonyl (C=O) groups excluding carboxylic acids is 2. The third-order valence-corrected chi connectivity index (χ3v) is 8.54. The number of hydrogen-bond acceptors (Lipinski definition) is 5. The van der Waals surface area contributed by atoms with Crippen molar-refractivity contribution in [3.05, 3.63) is 35.8 Å². The quantitative estimate of drug-likeness (QED) is 0.344. The lowest BCUT2D eigenvalue weighted by atomic mass is 9.90. The molecule has 2 heterocycles. The van der Waals surface area contributed by atoms with Crippen LogP contribution in [0.15, 0.2) is 24.4 Å². The highest BCUT2D eigenvalue weighted by Gasteiger charge is 2.58. The van der Waals surface area contributed by atoms with Crippen molar-refractivity contribution in [1.29, 1.82) is 0 Å². The summed E-state index contributed by atoms with van der Waals surface area (Å²) in [4.78, 5) is 35.7. The number of hydrogen-bond donors (Lipinski definition) is 2. The van der Waals surface area contributed by atoms with Crippen molar-refractivity contribution in [3.63, 3.8) is 0 Å². The predicted molar refractivity (Wildman–Crippen MR) is 146 cm³/mol. The molecule has 1 saturated carbocycles. The molecule has 2 atom stereocenters.